The highest BCUT2D eigenvalue weighted by atomic mass is 28.4. The monoisotopic (exact) mass is 500 g/mol. The molecular weight excluding hydrogens is 452 g/mol. The highest BCUT2D eigenvalue weighted by molar-refractivity contribution is 6.99. The predicted octanol–water partition coefficient (Wildman–Crippen LogP) is 5.97. The smallest absolute Gasteiger partial charge is 0.261 e. The average Bonchev–Trinajstić information content (AvgIpc) is 2.86. The molecular formula is C30H48O4Si. The average molecular weight is 501 g/mol. The van der Waals surface area contributed by atoms with Gasteiger partial charge in [-0.1, -0.05) is 120 Å². The Morgan fingerprint density at radius 3 is 1.46 bits per heavy atom. The number of hydrogen-bond donors (Lipinski definition) is 0. The molecule has 196 valence electrons. The number of rotatable bonds is 19. The van der Waals surface area contributed by atoms with Crippen LogP contribution < -0.4 is 10.4 Å². The summed E-state index contributed by atoms with van der Waals surface area (Å²) < 4.78 is 24.0. The number of hydrogen-bond acceptors (Lipinski definition) is 4. The van der Waals surface area contributed by atoms with Crippen LogP contribution in [0.1, 0.15) is 66.2 Å². The summed E-state index contributed by atoms with van der Waals surface area (Å²) in [7, 11) is -2.48. The normalized spacial score (nSPS) is 12.2. The van der Waals surface area contributed by atoms with Gasteiger partial charge in [-0.05, 0) is 21.8 Å². The predicted molar refractivity (Wildman–Crippen MR) is 149 cm³/mol. The molecule has 0 fully saturated rings. The Bertz CT molecular complexity index is 721. The van der Waals surface area contributed by atoms with Crippen LogP contribution in [-0.2, 0) is 18.6 Å². The molecule has 0 saturated carbocycles. The maximum Gasteiger partial charge on any atom is 0.261 e. The van der Waals surface area contributed by atoms with E-state index in [2.05, 4.69) is 88.4 Å². The van der Waals surface area contributed by atoms with Crippen LogP contribution in [-0.4, -0.2) is 54.6 Å². The number of unbranched alkanes of at least 4 members (excludes halogenated alkanes) is 5. The Labute approximate surface area is 215 Å². The maximum absolute atomic E-state index is 6.83. The van der Waals surface area contributed by atoms with Gasteiger partial charge in [0.1, 0.15) is 0 Å². The van der Waals surface area contributed by atoms with Crippen molar-refractivity contribution in [3.63, 3.8) is 0 Å². The van der Waals surface area contributed by atoms with Crippen LogP contribution in [0.5, 0.6) is 0 Å². The molecule has 0 unspecified atom stereocenters. The van der Waals surface area contributed by atoms with Crippen molar-refractivity contribution in [3.05, 3.63) is 60.7 Å². The van der Waals surface area contributed by atoms with Gasteiger partial charge in [-0.2, -0.15) is 0 Å². The number of benzene rings is 2. The Morgan fingerprint density at radius 1 is 0.543 bits per heavy atom. The lowest BCUT2D eigenvalue weighted by Crippen LogP contribution is -2.66. The summed E-state index contributed by atoms with van der Waals surface area (Å²) >= 11 is 0. The summed E-state index contributed by atoms with van der Waals surface area (Å²) in [6, 6.07) is 21.4. The molecule has 0 bridgehead atoms. The van der Waals surface area contributed by atoms with E-state index in [-0.39, 0.29) is 5.04 Å². The molecule has 5 heteroatoms. The van der Waals surface area contributed by atoms with Gasteiger partial charge in [0.05, 0.1) is 39.6 Å². The molecule has 0 aliphatic rings. The van der Waals surface area contributed by atoms with E-state index < -0.39 is 8.32 Å². The molecule has 0 saturated heterocycles. The summed E-state index contributed by atoms with van der Waals surface area (Å²) in [6.45, 7) is 13.5. The second kappa shape index (κ2) is 17.0. The fraction of sp³-hybridized carbons (Fsp3) is 0.600. The minimum Gasteiger partial charge on any atom is -0.405 e. The summed E-state index contributed by atoms with van der Waals surface area (Å²) in [5.41, 5.74) is 0. The van der Waals surface area contributed by atoms with Gasteiger partial charge in [0.2, 0.25) is 0 Å². The van der Waals surface area contributed by atoms with Crippen LogP contribution in [0.15, 0.2) is 60.7 Å². The number of ether oxygens (including phenoxy) is 3. The zero-order valence-electron chi connectivity index (χ0n) is 22.6. The van der Waals surface area contributed by atoms with E-state index in [1.54, 1.807) is 0 Å². The minimum absolute atomic E-state index is 0.0195. The second-order valence-electron chi connectivity index (χ2n) is 10.1. The quantitative estimate of drug-likeness (QED) is 0.176. The van der Waals surface area contributed by atoms with Crippen LogP contribution in [0.3, 0.4) is 0 Å². The van der Waals surface area contributed by atoms with Crippen molar-refractivity contribution >= 4 is 18.7 Å². The van der Waals surface area contributed by atoms with E-state index in [4.69, 9.17) is 18.6 Å². The minimum atomic E-state index is -2.48. The van der Waals surface area contributed by atoms with E-state index in [1.165, 1.54) is 42.5 Å². The third-order valence-corrected chi connectivity index (χ3v) is 11.4. The standard InChI is InChI=1S/C30H48O4Si/c1-5-6-7-8-9-16-21-31-22-23-32-24-25-33-26-27-34-35(30(2,3)4,28-17-12-10-13-18-28)29-19-14-11-15-20-29/h10-15,17-20H,5-9,16,21-27H2,1-4H3. The van der Waals surface area contributed by atoms with Gasteiger partial charge in [-0.15, -0.1) is 0 Å². The van der Waals surface area contributed by atoms with Gasteiger partial charge >= 0.3 is 0 Å². The van der Waals surface area contributed by atoms with Gasteiger partial charge < -0.3 is 18.6 Å². The Hall–Kier alpha value is -1.50. The zero-order chi connectivity index (χ0) is 25.2. The summed E-state index contributed by atoms with van der Waals surface area (Å²) in [5.74, 6) is 0. The van der Waals surface area contributed by atoms with E-state index in [0.29, 0.717) is 39.6 Å². The molecule has 0 aliphatic carbocycles. The molecule has 4 nitrogen and oxygen atoms in total. The Balaban J connectivity index is 1.69. The molecule has 0 aromatic heterocycles. The first-order chi connectivity index (χ1) is 17.0. The molecule has 0 radical (unpaired) electrons. The molecule has 0 heterocycles. The van der Waals surface area contributed by atoms with Crippen molar-refractivity contribution in [1.82, 2.24) is 0 Å². The van der Waals surface area contributed by atoms with Crippen LogP contribution in [0.2, 0.25) is 5.04 Å². The summed E-state index contributed by atoms with van der Waals surface area (Å²) in [4.78, 5) is 0. The largest absolute Gasteiger partial charge is 0.405 e. The van der Waals surface area contributed by atoms with Crippen molar-refractivity contribution < 1.29 is 18.6 Å². The van der Waals surface area contributed by atoms with Crippen LogP contribution in [0, 0.1) is 0 Å². The third kappa shape index (κ3) is 10.2. The molecule has 35 heavy (non-hydrogen) atoms. The molecule has 2 rings (SSSR count). The maximum atomic E-state index is 6.83. The van der Waals surface area contributed by atoms with Crippen molar-refractivity contribution in [2.45, 2.75) is 71.3 Å². The summed E-state index contributed by atoms with van der Waals surface area (Å²) in [5, 5.41) is 2.57. The third-order valence-electron chi connectivity index (χ3n) is 6.35. The first-order valence-corrected chi connectivity index (χ1v) is 15.4. The van der Waals surface area contributed by atoms with E-state index >= 15 is 0 Å². The Morgan fingerprint density at radius 2 is 0.971 bits per heavy atom. The van der Waals surface area contributed by atoms with Crippen molar-refractivity contribution in [1.29, 1.82) is 0 Å². The molecule has 0 aliphatic heterocycles. The topological polar surface area (TPSA) is 36.9 Å². The molecule has 2 aromatic rings. The lowest BCUT2D eigenvalue weighted by atomic mass is 10.1. The lowest BCUT2D eigenvalue weighted by Gasteiger charge is -2.43. The van der Waals surface area contributed by atoms with Gasteiger partial charge in [-0.3, -0.25) is 0 Å². The highest BCUT2D eigenvalue weighted by Crippen LogP contribution is 2.36. The fourth-order valence-electron chi connectivity index (χ4n) is 4.54. The first-order valence-electron chi connectivity index (χ1n) is 13.5. The van der Waals surface area contributed by atoms with E-state index in [1.807, 2.05) is 0 Å². The first kappa shape index (κ1) is 29.7. The second-order valence-corrected chi connectivity index (χ2v) is 14.4. The van der Waals surface area contributed by atoms with E-state index in [0.717, 1.165) is 13.0 Å². The van der Waals surface area contributed by atoms with Gasteiger partial charge in [0, 0.05) is 6.61 Å². The Kier molecular flexibility index (Phi) is 14.5. The van der Waals surface area contributed by atoms with Gasteiger partial charge in [-0.25, -0.2) is 0 Å². The SMILES string of the molecule is CCCCCCCCOCCOCCOCCO[Si](c1ccccc1)(c1ccccc1)C(C)(C)C. The molecule has 0 amide bonds. The van der Waals surface area contributed by atoms with Crippen LogP contribution in [0.4, 0.5) is 0 Å². The lowest BCUT2D eigenvalue weighted by molar-refractivity contribution is 0.00823. The molecule has 0 atom stereocenters. The van der Waals surface area contributed by atoms with Crippen molar-refractivity contribution in [2.75, 3.05) is 46.2 Å². The van der Waals surface area contributed by atoms with Crippen molar-refractivity contribution in [3.8, 4) is 0 Å². The van der Waals surface area contributed by atoms with Gasteiger partial charge in [0.25, 0.3) is 8.32 Å². The van der Waals surface area contributed by atoms with E-state index in [9.17, 15) is 0 Å². The molecule has 0 spiro atoms. The molecule has 0 N–H and O–H groups in total. The summed E-state index contributed by atoms with van der Waals surface area (Å²) in [6.07, 6.45) is 7.74. The van der Waals surface area contributed by atoms with Crippen LogP contribution >= 0.6 is 0 Å². The molecule has 2 aromatic carbocycles. The fourth-order valence-corrected chi connectivity index (χ4v) is 9.09. The van der Waals surface area contributed by atoms with Gasteiger partial charge in [0.15, 0.2) is 0 Å². The highest BCUT2D eigenvalue weighted by Gasteiger charge is 2.49. The van der Waals surface area contributed by atoms with Crippen LogP contribution in [0.25, 0.3) is 0 Å². The van der Waals surface area contributed by atoms with Crippen molar-refractivity contribution in [2.24, 2.45) is 0 Å². The zero-order valence-corrected chi connectivity index (χ0v) is 23.6.